The van der Waals surface area contributed by atoms with Crippen LogP contribution < -0.4 is 0 Å². The number of thiazole rings is 1. The van der Waals surface area contributed by atoms with Crippen LogP contribution in [0.3, 0.4) is 0 Å². The van der Waals surface area contributed by atoms with Crippen LogP contribution in [0.25, 0.3) is 10.2 Å². The van der Waals surface area contributed by atoms with Crippen molar-refractivity contribution in [2.75, 3.05) is 6.61 Å². The maximum Gasteiger partial charge on any atom is 0.306 e. The van der Waals surface area contributed by atoms with Crippen LogP contribution in [-0.2, 0) is 16.0 Å². The number of carboxylic acid groups (broad SMARTS) is 1. The number of aliphatic carboxylic acids is 1. The summed E-state index contributed by atoms with van der Waals surface area (Å²) < 4.78 is 7.53. The molecule has 0 radical (unpaired) electrons. The van der Waals surface area contributed by atoms with Gasteiger partial charge in [-0.05, 0) is 67.4 Å². The van der Waals surface area contributed by atoms with Gasteiger partial charge in [0.1, 0.15) is 5.75 Å². The Kier molecular flexibility index (Phi) is 3.50. The number of hydrogen-bond acceptors (Lipinski definition) is 5. The molecule has 2 heterocycles. The fourth-order valence-corrected chi connectivity index (χ4v) is 8.31. The Morgan fingerprint density at radius 2 is 2.18 bits per heavy atom. The molecule has 5 nitrogen and oxygen atoms in total. The van der Waals surface area contributed by atoms with E-state index >= 15 is 0 Å². The molecule has 28 heavy (non-hydrogen) atoms. The number of phenolic OH excluding ortho intramolecular Hbond substituents is 1. The van der Waals surface area contributed by atoms with Gasteiger partial charge < -0.3 is 14.9 Å². The Labute approximate surface area is 167 Å². The Morgan fingerprint density at radius 3 is 3.00 bits per heavy atom. The van der Waals surface area contributed by atoms with Crippen LogP contribution in [0, 0.1) is 35.0 Å². The number of nitrogens with zero attached hydrogens (tertiary/aromatic N) is 1. The van der Waals surface area contributed by atoms with Crippen molar-refractivity contribution >= 4 is 27.5 Å². The highest BCUT2D eigenvalue weighted by atomic mass is 32.1. The number of carboxylic acids is 1. The highest BCUT2D eigenvalue weighted by Crippen LogP contribution is 2.71. The van der Waals surface area contributed by atoms with Gasteiger partial charge in [-0.25, -0.2) is 4.98 Å². The van der Waals surface area contributed by atoms with Crippen LogP contribution in [0.5, 0.6) is 5.75 Å². The minimum Gasteiger partial charge on any atom is -0.508 e. The standard InChI is InChI=1S/C22H25NO4S/c1-10-8-27-20-18-13(19-17(7-16(18)24)28-9-23-19)6-15-12(21(25)26)2-3-14-11(10)4-5-22(14,15)20/h7,9-12,14-15,20,24H,2-6,8H2,1H3,(H,25,26)/t10-,11-,12-,14+,15+,20-,22-/m1/s1. The van der Waals surface area contributed by atoms with Crippen molar-refractivity contribution in [3.63, 3.8) is 0 Å². The predicted octanol–water partition coefficient (Wildman–Crippen LogP) is 4.39. The van der Waals surface area contributed by atoms with Crippen molar-refractivity contribution < 1.29 is 19.7 Å². The molecular weight excluding hydrogens is 374 g/mol. The summed E-state index contributed by atoms with van der Waals surface area (Å²) in [7, 11) is 0. The fourth-order valence-electron chi connectivity index (χ4n) is 7.58. The van der Waals surface area contributed by atoms with Gasteiger partial charge in [0, 0.05) is 11.0 Å². The third kappa shape index (κ3) is 1.96. The number of aromatic hydroxyl groups is 1. The lowest BCUT2D eigenvalue weighted by Crippen LogP contribution is -2.53. The number of hydrogen-bond donors (Lipinski definition) is 2. The zero-order chi connectivity index (χ0) is 19.2. The molecule has 148 valence electrons. The van der Waals surface area contributed by atoms with Crippen LogP contribution in [0.15, 0.2) is 11.6 Å². The molecule has 6 rings (SSSR count). The lowest BCUT2D eigenvalue weighted by atomic mass is 9.49. The third-order valence-corrected chi connectivity index (χ3v) is 9.36. The molecule has 2 aromatic rings. The van der Waals surface area contributed by atoms with Gasteiger partial charge in [-0.3, -0.25) is 4.79 Å². The maximum absolute atomic E-state index is 12.2. The van der Waals surface area contributed by atoms with E-state index in [1.165, 1.54) is 11.3 Å². The van der Waals surface area contributed by atoms with Gasteiger partial charge >= 0.3 is 5.97 Å². The molecule has 0 amide bonds. The Balaban J connectivity index is 1.64. The zero-order valence-electron chi connectivity index (χ0n) is 15.9. The van der Waals surface area contributed by atoms with Gasteiger partial charge in [0.15, 0.2) is 0 Å². The summed E-state index contributed by atoms with van der Waals surface area (Å²) in [6.45, 7) is 2.97. The number of benzene rings is 1. The molecule has 0 unspecified atom stereocenters. The molecular formula is C22H25NO4S. The number of rotatable bonds is 1. The SMILES string of the molecule is C[C@@H]1CO[C@@H]2c3c(O)cc4scnc4c3C[C@H]3[C@H](C(=O)O)CC[C@H]4[C@@H]1CC[C@@]243. The van der Waals surface area contributed by atoms with Crippen LogP contribution in [0.4, 0.5) is 0 Å². The van der Waals surface area contributed by atoms with Crippen molar-refractivity contribution in [1.29, 1.82) is 0 Å². The molecule has 1 saturated heterocycles. The highest BCUT2D eigenvalue weighted by Gasteiger charge is 2.66. The average Bonchev–Trinajstić information content (AvgIpc) is 3.25. The molecule has 3 fully saturated rings. The monoisotopic (exact) mass is 399 g/mol. The summed E-state index contributed by atoms with van der Waals surface area (Å²) in [4.78, 5) is 16.8. The number of ether oxygens (including phenoxy) is 1. The summed E-state index contributed by atoms with van der Waals surface area (Å²) in [5, 5.41) is 21.1. The van der Waals surface area contributed by atoms with E-state index in [1.807, 2.05) is 11.6 Å². The summed E-state index contributed by atoms with van der Waals surface area (Å²) in [6, 6.07) is 1.83. The normalized spacial score (nSPS) is 41.3. The molecule has 2 bridgehead atoms. The molecule has 2 N–H and O–H groups in total. The number of aromatic nitrogens is 1. The predicted molar refractivity (Wildman–Crippen MR) is 105 cm³/mol. The van der Waals surface area contributed by atoms with Gasteiger partial charge in [-0.15, -0.1) is 11.3 Å². The minimum absolute atomic E-state index is 0.0586. The van der Waals surface area contributed by atoms with E-state index in [2.05, 4.69) is 11.9 Å². The van der Waals surface area contributed by atoms with Crippen LogP contribution in [-0.4, -0.2) is 27.8 Å². The largest absolute Gasteiger partial charge is 0.508 e. The summed E-state index contributed by atoms with van der Waals surface area (Å²) in [5.41, 5.74) is 4.51. The summed E-state index contributed by atoms with van der Waals surface area (Å²) >= 11 is 1.52. The highest BCUT2D eigenvalue weighted by molar-refractivity contribution is 7.16. The molecule has 1 aromatic carbocycles. The second-order valence-electron chi connectivity index (χ2n) is 9.43. The first-order valence-corrected chi connectivity index (χ1v) is 11.3. The molecule has 4 aliphatic rings. The molecule has 1 aromatic heterocycles. The van der Waals surface area contributed by atoms with Gasteiger partial charge in [0.2, 0.25) is 0 Å². The molecule has 6 heteroatoms. The molecule has 1 aliphatic heterocycles. The molecule has 1 spiro atoms. The minimum atomic E-state index is -0.671. The second kappa shape index (κ2) is 5.70. The first kappa shape index (κ1) is 17.2. The Hall–Kier alpha value is -1.66. The van der Waals surface area contributed by atoms with Crippen molar-refractivity contribution in [3.8, 4) is 5.75 Å². The lowest BCUT2D eigenvalue weighted by molar-refractivity contribution is -0.163. The Bertz CT molecular complexity index is 986. The zero-order valence-corrected chi connectivity index (χ0v) is 16.7. The lowest BCUT2D eigenvalue weighted by Gasteiger charge is -2.55. The number of phenols is 1. The van der Waals surface area contributed by atoms with Gasteiger partial charge in [0.05, 0.1) is 34.4 Å². The van der Waals surface area contributed by atoms with Gasteiger partial charge in [0.25, 0.3) is 0 Å². The van der Waals surface area contributed by atoms with Crippen molar-refractivity contribution in [2.45, 2.75) is 45.1 Å². The van der Waals surface area contributed by atoms with E-state index in [9.17, 15) is 15.0 Å². The first-order valence-electron chi connectivity index (χ1n) is 10.4. The molecule has 2 saturated carbocycles. The van der Waals surface area contributed by atoms with Crippen molar-refractivity contribution in [2.24, 2.45) is 35.0 Å². The maximum atomic E-state index is 12.2. The molecule has 7 atom stereocenters. The van der Waals surface area contributed by atoms with Gasteiger partial charge in [-0.1, -0.05) is 6.92 Å². The first-order chi connectivity index (χ1) is 13.5. The van der Waals surface area contributed by atoms with Crippen molar-refractivity contribution in [3.05, 3.63) is 22.7 Å². The second-order valence-corrected chi connectivity index (χ2v) is 10.3. The van der Waals surface area contributed by atoms with E-state index in [1.54, 1.807) is 0 Å². The van der Waals surface area contributed by atoms with E-state index in [-0.39, 0.29) is 23.4 Å². The smallest absolute Gasteiger partial charge is 0.306 e. The van der Waals surface area contributed by atoms with Crippen LogP contribution in [0.1, 0.15) is 49.8 Å². The van der Waals surface area contributed by atoms with E-state index < -0.39 is 5.97 Å². The van der Waals surface area contributed by atoms with Crippen LogP contribution in [0.2, 0.25) is 0 Å². The third-order valence-electron chi connectivity index (χ3n) is 8.58. The van der Waals surface area contributed by atoms with Crippen molar-refractivity contribution in [1.82, 2.24) is 4.98 Å². The van der Waals surface area contributed by atoms with E-state index in [4.69, 9.17) is 4.74 Å². The quantitative estimate of drug-likeness (QED) is 0.743. The Morgan fingerprint density at radius 1 is 1.32 bits per heavy atom. The topological polar surface area (TPSA) is 79.7 Å². The van der Waals surface area contributed by atoms with Crippen LogP contribution >= 0.6 is 11.3 Å². The summed E-state index contributed by atoms with van der Waals surface area (Å²) in [6.07, 6.45) is 4.38. The fraction of sp³-hybridized carbons (Fsp3) is 0.636. The van der Waals surface area contributed by atoms with E-state index in [0.717, 1.165) is 47.0 Å². The summed E-state index contributed by atoms with van der Waals surface area (Å²) in [5.74, 6) is 0.935. The molecule has 3 aliphatic carbocycles. The number of fused-ring (bicyclic) bond motifs is 4. The van der Waals surface area contributed by atoms with E-state index in [0.29, 0.717) is 36.5 Å². The number of carbonyl (C=O) groups is 1. The van der Waals surface area contributed by atoms with Gasteiger partial charge in [-0.2, -0.15) is 0 Å². The average molecular weight is 400 g/mol.